The lowest BCUT2D eigenvalue weighted by atomic mass is 9.99. The number of piperidine rings is 1. The summed E-state index contributed by atoms with van der Waals surface area (Å²) in [5.41, 5.74) is 2.95. The van der Waals surface area contributed by atoms with Gasteiger partial charge in [0, 0.05) is 18.8 Å². The van der Waals surface area contributed by atoms with E-state index in [1.807, 2.05) is 55.8 Å². The van der Waals surface area contributed by atoms with E-state index < -0.39 is 0 Å². The first-order chi connectivity index (χ1) is 11.8. The third-order valence-corrected chi connectivity index (χ3v) is 5.25. The van der Waals surface area contributed by atoms with Gasteiger partial charge in [-0.05, 0) is 57.7 Å². The van der Waals surface area contributed by atoms with Crippen LogP contribution in [0.25, 0.3) is 0 Å². The maximum Gasteiger partial charge on any atom is 0.239 e. The van der Waals surface area contributed by atoms with Crippen LogP contribution in [0.15, 0.2) is 18.2 Å². The molecule has 0 bridgehead atoms. The van der Waals surface area contributed by atoms with Crippen LogP contribution in [0.1, 0.15) is 37.8 Å². The number of hydrogen-bond donors (Lipinski definition) is 1. The van der Waals surface area contributed by atoms with Crippen molar-refractivity contribution in [3.63, 3.8) is 0 Å². The fourth-order valence-corrected chi connectivity index (χ4v) is 3.24. The number of rotatable bonds is 5. The number of para-hydroxylation sites is 1. The molecule has 1 N–H and O–H groups in total. The zero-order chi connectivity index (χ0) is 18.6. The molecule has 5 nitrogen and oxygen atoms in total. The summed E-state index contributed by atoms with van der Waals surface area (Å²) in [6.45, 7) is 9.93. The molecule has 2 rings (SSSR count). The predicted molar refractivity (Wildman–Crippen MR) is 102 cm³/mol. The molecule has 1 saturated heterocycles. The van der Waals surface area contributed by atoms with Crippen molar-refractivity contribution in [2.45, 2.75) is 46.6 Å². The van der Waals surface area contributed by atoms with E-state index >= 15 is 0 Å². The number of anilines is 1. The Kier molecular flexibility index (Phi) is 6.59. The Morgan fingerprint density at radius 3 is 2.36 bits per heavy atom. The Labute approximate surface area is 151 Å². The molecule has 0 aliphatic carbocycles. The molecule has 2 amide bonds. The topological polar surface area (TPSA) is 52.7 Å². The van der Waals surface area contributed by atoms with E-state index in [-0.39, 0.29) is 24.4 Å². The number of carbonyl (C=O) groups excluding carboxylic acids is 2. The molecule has 1 aromatic rings. The standard InChI is InChI=1S/C20H31N3O2/c1-14-9-11-23(12-10-14)20(25)17(4)22(5)13-18(24)21-19-15(2)7-6-8-16(19)3/h6-8,14,17H,9-13H2,1-5H3,(H,21,24)/t17-/m0/s1. The highest BCUT2D eigenvalue weighted by Crippen LogP contribution is 2.20. The molecular formula is C20H31N3O2. The number of hydrogen-bond acceptors (Lipinski definition) is 3. The van der Waals surface area contributed by atoms with Gasteiger partial charge in [-0.15, -0.1) is 0 Å². The maximum atomic E-state index is 12.6. The molecule has 5 heteroatoms. The van der Waals surface area contributed by atoms with Crippen molar-refractivity contribution < 1.29 is 9.59 Å². The van der Waals surface area contributed by atoms with E-state index in [4.69, 9.17) is 0 Å². The second kappa shape index (κ2) is 8.48. The molecule has 25 heavy (non-hydrogen) atoms. The van der Waals surface area contributed by atoms with Crippen molar-refractivity contribution in [2.24, 2.45) is 5.92 Å². The van der Waals surface area contributed by atoms with Gasteiger partial charge in [-0.2, -0.15) is 0 Å². The lowest BCUT2D eigenvalue weighted by Crippen LogP contribution is -2.49. The monoisotopic (exact) mass is 345 g/mol. The van der Waals surface area contributed by atoms with Crippen molar-refractivity contribution in [3.05, 3.63) is 29.3 Å². The Morgan fingerprint density at radius 1 is 1.24 bits per heavy atom. The van der Waals surface area contributed by atoms with Gasteiger partial charge in [-0.3, -0.25) is 14.5 Å². The number of likely N-dealkylation sites (tertiary alicyclic amines) is 1. The Morgan fingerprint density at radius 2 is 1.80 bits per heavy atom. The van der Waals surface area contributed by atoms with Gasteiger partial charge >= 0.3 is 0 Å². The van der Waals surface area contributed by atoms with Crippen LogP contribution in [-0.2, 0) is 9.59 Å². The number of likely N-dealkylation sites (N-methyl/N-ethyl adjacent to an activating group) is 1. The zero-order valence-electron chi connectivity index (χ0n) is 16.1. The minimum atomic E-state index is -0.294. The minimum absolute atomic E-state index is 0.0909. The summed E-state index contributed by atoms with van der Waals surface area (Å²) in [6.07, 6.45) is 2.13. The SMILES string of the molecule is Cc1cccc(C)c1NC(=O)CN(C)[C@@H](C)C(=O)N1CCC(C)CC1. The van der Waals surface area contributed by atoms with E-state index in [9.17, 15) is 9.59 Å². The zero-order valence-corrected chi connectivity index (χ0v) is 16.1. The average molecular weight is 345 g/mol. The van der Waals surface area contributed by atoms with Crippen LogP contribution < -0.4 is 5.32 Å². The number of amides is 2. The number of nitrogens with one attached hydrogen (secondary N) is 1. The quantitative estimate of drug-likeness (QED) is 0.893. The van der Waals surface area contributed by atoms with Crippen LogP contribution in [0.5, 0.6) is 0 Å². The summed E-state index contributed by atoms with van der Waals surface area (Å²) in [6, 6.07) is 5.65. The minimum Gasteiger partial charge on any atom is -0.341 e. The van der Waals surface area contributed by atoms with Gasteiger partial charge in [0.2, 0.25) is 11.8 Å². The van der Waals surface area contributed by atoms with Gasteiger partial charge in [0.15, 0.2) is 0 Å². The molecule has 0 radical (unpaired) electrons. The molecular weight excluding hydrogens is 314 g/mol. The molecule has 0 saturated carbocycles. The summed E-state index contributed by atoms with van der Waals surface area (Å²) >= 11 is 0. The summed E-state index contributed by atoms with van der Waals surface area (Å²) in [5, 5.41) is 2.98. The van der Waals surface area contributed by atoms with E-state index in [2.05, 4.69) is 12.2 Å². The lowest BCUT2D eigenvalue weighted by molar-refractivity contribution is -0.137. The van der Waals surface area contributed by atoms with Gasteiger partial charge in [0.05, 0.1) is 12.6 Å². The normalized spacial score (nSPS) is 16.8. The molecule has 0 aromatic heterocycles. The van der Waals surface area contributed by atoms with Crippen molar-refractivity contribution in [2.75, 3.05) is 32.0 Å². The van der Waals surface area contributed by atoms with Crippen LogP contribution in [0.3, 0.4) is 0 Å². The highest BCUT2D eigenvalue weighted by molar-refractivity contribution is 5.94. The first-order valence-electron chi connectivity index (χ1n) is 9.14. The largest absolute Gasteiger partial charge is 0.341 e. The summed E-state index contributed by atoms with van der Waals surface area (Å²) < 4.78 is 0. The first kappa shape index (κ1) is 19.4. The number of carbonyl (C=O) groups is 2. The number of aryl methyl sites for hydroxylation is 2. The Balaban J connectivity index is 1.90. The van der Waals surface area contributed by atoms with Crippen molar-refractivity contribution in [1.29, 1.82) is 0 Å². The van der Waals surface area contributed by atoms with Crippen LogP contribution in [0.2, 0.25) is 0 Å². The fourth-order valence-electron chi connectivity index (χ4n) is 3.24. The highest BCUT2D eigenvalue weighted by Gasteiger charge is 2.27. The molecule has 1 aromatic carbocycles. The highest BCUT2D eigenvalue weighted by atomic mass is 16.2. The van der Waals surface area contributed by atoms with Gasteiger partial charge in [0.1, 0.15) is 0 Å². The van der Waals surface area contributed by atoms with Gasteiger partial charge in [-0.1, -0.05) is 25.1 Å². The van der Waals surface area contributed by atoms with Gasteiger partial charge in [0.25, 0.3) is 0 Å². The van der Waals surface area contributed by atoms with Gasteiger partial charge in [-0.25, -0.2) is 0 Å². The van der Waals surface area contributed by atoms with Crippen molar-refractivity contribution in [1.82, 2.24) is 9.80 Å². The van der Waals surface area contributed by atoms with E-state index in [0.29, 0.717) is 5.92 Å². The number of benzene rings is 1. The average Bonchev–Trinajstić information content (AvgIpc) is 2.57. The Bertz CT molecular complexity index is 601. The van der Waals surface area contributed by atoms with E-state index in [0.717, 1.165) is 42.7 Å². The second-order valence-electron chi connectivity index (χ2n) is 7.41. The molecule has 1 heterocycles. The van der Waals surface area contributed by atoms with Crippen molar-refractivity contribution >= 4 is 17.5 Å². The van der Waals surface area contributed by atoms with Crippen LogP contribution in [-0.4, -0.2) is 54.3 Å². The van der Waals surface area contributed by atoms with E-state index in [1.54, 1.807) is 0 Å². The fraction of sp³-hybridized carbons (Fsp3) is 0.600. The summed E-state index contributed by atoms with van der Waals surface area (Å²) in [4.78, 5) is 28.8. The second-order valence-corrected chi connectivity index (χ2v) is 7.41. The lowest BCUT2D eigenvalue weighted by Gasteiger charge is -2.34. The van der Waals surface area contributed by atoms with Crippen LogP contribution >= 0.6 is 0 Å². The maximum absolute atomic E-state index is 12.6. The predicted octanol–water partition coefficient (Wildman–Crippen LogP) is 2.82. The molecule has 0 spiro atoms. The Hall–Kier alpha value is -1.88. The van der Waals surface area contributed by atoms with Crippen LogP contribution in [0.4, 0.5) is 5.69 Å². The molecule has 1 aliphatic rings. The first-order valence-corrected chi connectivity index (χ1v) is 9.14. The van der Waals surface area contributed by atoms with E-state index in [1.165, 1.54) is 0 Å². The molecule has 138 valence electrons. The summed E-state index contributed by atoms with van der Waals surface area (Å²) in [7, 11) is 1.83. The van der Waals surface area contributed by atoms with Crippen molar-refractivity contribution in [3.8, 4) is 0 Å². The smallest absolute Gasteiger partial charge is 0.239 e. The molecule has 1 atom stereocenters. The van der Waals surface area contributed by atoms with Crippen LogP contribution in [0, 0.1) is 19.8 Å². The molecule has 0 unspecified atom stereocenters. The third kappa shape index (κ3) is 5.05. The number of nitrogens with zero attached hydrogens (tertiary/aromatic N) is 2. The molecule has 1 fully saturated rings. The summed E-state index contributed by atoms with van der Waals surface area (Å²) in [5.74, 6) is 0.723. The molecule has 1 aliphatic heterocycles. The van der Waals surface area contributed by atoms with Gasteiger partial charge < -0.3 is 10.2 Å². The third-order valence-electron chi connectivity index (χ3n) is 5.25.